The van der Waals surface area contributed by atoms with Gasteiger partial charge in [-0.05, 0) is 45.2 Å². The minimum atomic E-state index is 0.207. The fraction of sp³-hybridized carbons (Fsp3) is 0.308. The molecule has 0 aliphatic carbocycles. The summed E-state index contributed by atoms with van der Waals surface area (Å²) in [6, 6.07) is 10.7. The highest BCUT2D eigenvalue weighted by Crippen LogP contribution is 2.26. The fourth-order valence-electron chi connectivity index (χ4n) is 1.77. The molecule has 1 N–H and O–H groups in total. The van der Waals surface area contributed by atoms with Crippen molar-refractivity contribution in [3.63, 3.8) is 0 Å². The smallest absolute Gasteiger partial charge is 0.0842 e. The Balaban J connectivity index is 2.36. The predicted molar refractivity (Wildman–Crippen MR) is 68.9 cm³/mol. The first-order chi connectivity index (χ1) is 7.70. The van der Waals surface area contributed by atoms with E-state index in [4.69, 9.17) is 0 Å². The molecule has 0 bridgehead atoms. The first-order valence-electron chi connectivity index (χ1n) is 5.38. The van der Waals surface area contributed by atoms with Crippen molar-refractivity contribution >= 4 is 11.3 Å². The summed E-state index contributed by atoms with van der Waals surface area (Å²) in [7, 11) is 1.98. The van der Waals surface area contributed by atoms with Gasteiger partial charge in [-0.1, -0.05) is 6.07 Å². The molecule has 2 aromatic heterocycles. The van der Waals surface area contributed by atoms with Gasteiger partial charge in [-0.25, -0.2) is 0 Å². The van der Waals surface area contributed by atoms with Gasteiger partial charge in [-0.2, -0.15) is 0 Å². The SMILES string of the molecule is CNC(c1cccc(C)n1)c1ccc(C)s1. The lowest BCUT2D eigenvalue weighted by Gasteiger charge is -2.14. The summed E-state index contributed by atoms with van der Waals surface area (Å²) >= 11 is 1.82. The van der Waals surface area contributed by atoms with Crippen LogP contribution < -0.4 is 5.32 Å². The van der Waals surface area contributed by atoms with Crippen molar-refractivity contribution in [3.05, 3.63) is 51.5 Å². The van der Waals surface area contributed by atoms with Gasteiger partial charge in [0, 0.05) is 15.4 Å². The highest BCUT2D eigenvalue weighted by Gasteiger charge is 2.14. The lowest BCUT2D eigenvalue weighted by molar-refractivity contribution is 0.680. The third-order valence-corrected chi connectivity index (χ3v) is 3.61. The number of aromatic nitrogens is 1. The fourth-order valence-corrected chi connectivity index (χ4v) is 2.77. The Labute approximate surface area is 100 Å². The van der Waals surface area contributed by atoms with Crippen molar-refractivity contribution in [1.29, 1.82) is 0 Å². The molecule has 1 unspecified atom stereocenters. The third-order valence-electron chi connectivity index (χ3n) is 2.54. The lowest BCUT2D eigenvalue weighted by Crippen LogP contribution is -2.17. The Kier molecular flexibility index (Phi) is 3.36. The average molecular weight is 232 g/mol. The molecule has 0 amide bonds. The van der Waals surface area contributed by atoms with Gasteiger partial charge in [0.15, 0.2) is 0 Å². The van der Waals surface area contributed by atoms with Crippen LogP contribution in [0.4, 0.5) is 0 Å². The summed E-state index contributed by atoms with van der Waals surface area (Å²) in [5.74, 6) is 0. The number of pyridine rings is 1. The second-order valence-electron chi connectivity index (χ2n) is 3.87. The Morgan fingerprint density at radius 1 is 1.19 bits per heavy atom. The predicted octanol–water partition coefficient (Wildman–Crippen LogP) is 3.07. The van der Waals surface area contributed by atoms with Gasteiger partial charge in [0.05, 0.1) is 11.7 Å². The highest BCUT2D eigenvalue weighted by atomic mass is 32.1. The van der Waals surface area contributed by atoms with Crippen molar-refractivity contribution < 1.29 is 0 Å². The van der Waals surface area contributed by atoms with E-state index in [1.165, 1.54) is 9.75 Å². The van der Waals surface area contributed by atoms with Gasteiger partial charge in [0.2, 0.25) is 0 Å². The van der Waals surface area contributed by atoms with Gasteiger partial charge in [-0.15, -0.1) is 11.3 Å². The molecule has 0 saturated heterocycles. The number of aryl methyl sites for hydroxylation is 2. The summed E-state index contributed by atoms with van der Waals surface area (Å²) < 4.78 is 0. The zero-order valence-electron chi connectivity index (χ0n) is 9.82. The van der Waals surface area contributed by atoms with E-state index in [1.807, 2.05) is 31.4 Å². The molecule has 2 aromatic rings. The molecule has 0 spiro atoms. The molecule has 3 heteroatoms. The molecule has 84 valence electrons. The molecule has 0 aromatic carbocycles. The van der Waals surface area contributed by atoms with Crippen molar-refractivity contribution in [2.75, 3.05) is 7.05 Å². The van der Waals surface area contributed by atoms with Gasteiger partial charge in [-0.3, -0.25) is 4.98 Å². The second-order valence-corrected chi connectivity index (χ2v) is 5.19. The van der Waals surface area contributed by atoms with Crippen LogP contribution in [-0.2, 0) is 0 Å². The number of rotatable bonds is 3. The van der Waals surface area contributed by atoms with E-state index in [-0.39, 0.29) is 6.04 Å². The number of hydrogen-bond donors (Lipinski definition) is 1. The van der Waals surface area contributed by atoms with E-state index in [2.05, 4.69) is 41.5 Å². The first-order valence-corrected chi connectivity index (χ1v) is 6.19. The van der Waals surface area contributed by atoms with E-state index in [1.54, 1.807) is 0 Å². The zero-order valence-corrected chi connectivity index (χ0v) is 10.6. The van der Waals surface area contributed by atoms with E-state index in [9.17, 15) is 0 Å². The van der Waals surface area contributed by atoms with Gasteiger partial charge >= 0.3 is 0 Å². The number of nitrogens with zero attached hydrogens (tertiary/aromatic N) is 1. The Bertz CT molecular complexity index is 476. The molecule has 0 saturated carbocycles. The van der Waals surface area contributed by atoms with E-state index >= 15 is 0 Å². The van der Waals surface area contributed by atoms with Gasteiger partial charge in [0.25, 0.3) is 0 Å². The maximum absolute atomic E-state index is 4.57. The summed E-state index contributed by atoms with van der Waals surface area (Å²) in [4.78, 5) is 7.23. The Morgan fingerprint density at radius 3 is 2.56 bits per heavy atom. The maximum Gasteiger partial charge on any atom is 0.0842 e. The Morgan fingerprint density at radius 2 is 2.00 bits per heavy atom. The summed E-state index contributed by atoms with van der Waals surface area (Å²) in [5.41, 5.74) is 2.15. The quantitative estimate of drug-likeness (QED) is 0.879. The molecular formula is C13H16N2S. The van der Waals surface area contributed by atoms with Crippen molar-refractivity contribution in [2.24, 2.45) is 0 Å². The Hall–Kier alpha value is -1.19. The molecule has 1 atom stereocenters. The maximum atomic E-state index is 4.57. The first kappa shape index (κ1) is 11.3. The summed E-state index contributed by atoms with van der Waals surface area (Å²) in [6.07, 6.45) is 0. The molecule has 0 fully saturated rings. The van der Waals surface area contributed by atoms with Crippen LogP contribution in [0.3, 0.4) is 0 Å². The third kappa shape index (κ3) is 2.31. The van der Waals surface area contributed by atoms with Crippen LogP contribution in [0, 0.1) is 13.8 Å². The van der Waals surface area contributed by atoms with Crippen LogP contribution in [-0.4, -0.2) is 12.0 Å². The number of hydrogen-bond acceptors (Lipinski definition) is 3. The molecule has 2 nitrogen and oxygen atoms in total. The monoisotopic (exact) mass is 232 g/mol. The lowest BCUT2D eigenvalue weighted by atomic mass is 10.1. The highest BCUT2D eigenvalue weighted by molar-refractivity contribution is 7.12. The van der Waals surface area contributed by atoms with Crippen LogP contribution in [0.25, 0.3) is 0 Å². The van der Waals surface area contributed by atoms with Crippen LogP contribution in [0.2, 0.25) is 0 Å². The molecule has 0 radical (unpaired) electrons. The molecule has 16 heavy (non-hydrogen) atoms. The zero-order chi connectivity index (χ0) is 11.5. The van der Waals surface area contributed by atoms with Gasteiger partial charge in [0.1, 0.15) is 0 Å². The van der Waals surface area contributed by atoms with Crippen molar-refractivity contribution in [3.8, 4) is 0 Å². The minimum Gasteiger partial charge on any atom is -0.307 e. The molecule has 0 aliphatic heterocycles. The molecule has 2 rings (SSSR count). The van der Waals surface area contributed by atoms with Crippen molar-refractivity contribution in [1.82, 2.24) is 10.3 Å². The van der Waals surface area contributed by atoms with Gasteiger partial charge < -0.3 is 5.32 Å². The molecule has 0 aliphatic rings. The molecule has 2 heterocycles. The van der Waals surface area contributed by atoms with Crippen LogP contribution in [0.15, 0.2) is 30.3 Å². The average Bonchev–Trinajstić information content (AvgIpc) is 2.66. The van der Waals surface area contributed by atoms with E-state index < -0.39 is 0 Å². The topological polar surface area (TPSA) is 24.9 Å². The molecular weight excluding hydrogens is 216 g/mol. The van der Waals surface area contributed by atoms with Crippen LogP contribution >= 0.6 is 11.3 Å². The van der Waals surface area contributed by atoms with E-state index in [0.717, 1.165) is 11.4 Å². The van der Waals surface area contributed by atoms with Crippen LogP contribution in [0.5, 0.6) is 0 Å². The normalized spacial score (nSPS) is 12.7. The van der Waals surface area contributed by atoms with E-state index in [0.29, 0.717) is 0 Å². The number of nitrogens with one attached hydrogen (secondary N) is 1. The summed E-state index contributed by atoms with van der Waals surface area (Å²) in [5, 5.41) is 3.32. The van der Waals surface area contributed by atoms with Crippen molar-refractivity contribution in [2.45, 2.75) is 19.9 Å². The number of thiophene rings is 1. The largest absolute Gasteiger partial charge is 0.307 e. The second kappa shape index (κ2) is 4.76. The van der Waals surface area contributed by atoms with Crippen LogP contribution in [0.1, 0.15) is 27.2 Å². The standard InChI is InChI=1S/C13H16N2S/c1-9-5-4-6-11(15-9)13(14-3)12-8-7-10(2)16-12/h4-8,13-14H,1-3H3. The summed E-state index contributed by atoms with van der Waals surface area (Å²) in [6.45, 7) is 4.15. The minimum absolute atomic E-state index is 0.207.